The molecule has 0 aromatic heterocycles. The molecule has 0 radical (unpaired) electrons. The van der Waals surface area contributed by atoms with Gasteiger partial charge >= 0.3 is 5.97 Å². The predicted octanol–water partition coefficient (Wildman–Crippen LogP) is 1.82. The first-order valence-corrected chi connectivity index (χ1v) is 5.89. The summed E-state index contributed by atoms with van der Waals surface area (Å²) in [6.45, 7) is 1.82. The number of carbonyl (C=O) groups is 2. The molecule has 0 fully saturated rings. The SMILES string of the molecule is Cc1cccc(NC(=O)C2CC(C(=O)O)=NO2)c1Cl. The topological polar surface area (TPSA) is 88.0 Å². The van der Waals surface area contributed by atoms with Gasteiger partial charge in [-0.25, -0.2) is 4.79 Å². The van der Waals surface area contributed by atoms with Crippen molar-refractivity contribution in [3.63, 3.8) is 0 Å². The summed E-state index contributed by atoms with van der Waals surface area (Å²) in [7, 11) is 0. The Hall–Kier alpha value is -2.08. The lowest BCUT2D eigenvalue weighted by Crippen LogP contribution is -2.29. The average Bonchev–Trinajstić information content (AvgIpc) is 2.84. The molecule has 0 spiro atoms. The number of halogens is 1. The Morgan fingerprint density at radius 3 is 2.89 bits per heavy atom. The minimum atomic E-state index is -1.19. The monoisotopic (exact) mass is 282 g/mol. The largest absolute Gasteiger partial charge is 0.477 e. The van der Waals surface area contributed by atoms with Gasteiger partial charge in [0.25, 0.3) is 5.91 Å². The van der Waals surface area contributed by atoms with Crippen molar-refractivity contribution >= 4 is 34.9 Å². The summed E-state index contributed by atoms with van der Waals surface area (Å²) < 4.78 is 0. The molecule has 1 unspecified atom stereocenters. The third-order valence-electron chi connectivity index (χ3n) is 2.66. The number of carbonyl (C=O) groups excluding carboxylic acids is 1. The Balaban J connectivity index is 2.03. The van der Waals surface area contributed by atoms with Gasteiger partial charge in [0.05, 0.1) is 10.7 Å². The lowest BCUT2D eigenvalue weighted by atomic mass is 10.1. The summed E-state index contributed by atoms with van der Waals surface area (Å²) in [6.07, 6.45) is -1.01. The summed E-state index contributed by atoms with van der Waals surface area (Å²) >= 11 is 6.04. The Bertz CT molecular complexity index is 571. The third-order valence-corrected chi connectivity index (χ3v) is 3.16. The van der Waals surface area contributed by atoms with E-state index >= 15 is 0 Å². The van der Waals surface area contributed by atoms with Crippen LogP contribution in [0.4, 0.5) is 5.69 Å². The van der Waals surface area contributed by atoms with Gasteiger partial charge in [0.1, 0.15) is 0 Å². The normalized spacial score (nSPS) is 17.6. The van der Waals surface area contributed by atoms with Crippen LogP contribution in [0.2, 0.25) is 5.02 Å². The molecule has 2 N–H and O–H groups in total. The molecular weight excluding hydrogens is 272 g/mol. The van der Waals surface area contributed by atoms with Crippen molar-refractivity contribution in [1.82, 2.24) is 0 Å². The summed E-state index contributed by atoms with van der Waals surface area (Å²) in [6, 6.07) is 5.22. The van der Waals surface area contributed by atoms with Gasteiger partial charge in [-0.1, -0.05) is 28.9 Å². The number of hydrogen-bond donors (Lipinski definition) is 2. The van der Waals surface area contributed by atoms with Crippen molar-refractivity contribution in [2.75, 3.05) is 5.32 Å². The van der Waals surface area contributed by atoms with Crippen molar-refractivity contribution in [3.05, 3.63) is 28.8 Å². The molecule has 0 bridgehead atoms. The number of nitrogens with zero attached hydrogens (tertiary/aromatic N) is 1. The molecule has 6 nitrogen and oxygen atoms in total. The van der Waals surface area contributed by atoms with E-state index in [1.54, 1.807) is 12.1 Å². The van der Waals surface area contributed by atoms with Gasteiger partial charge in [-0.3, -0.25) is 4.79 Å². The first-order valence-electron chi connectivity index (χ1n) is 5.51. The van der Waals surface area contributed by atoms with E-state index < -0.39 is 18.0 Å². The van der Waals surface area contributed by atoms with E-state index in [4.69, 9.17) is 21.5 Å². The van der Waals surface area contributed by atoms with Gasteiger partial charge in [0.15, 0.2) is 5.71 Å². The highest BCUT2D eigenvalue weighted by Gasteiger charge is 2.31. The molecule has 1 aromatic rings. The maximum atomic E-state index is 11.9. The van der Waals surface area contributed by atoms with Gasteiger partial charge < -0.3 is 15.3 Å². The number of rotatable bonds is 3. The third kappa shape index (κ3) is 2.85. The van der Waals surface area contributed by atoms with Crippen molar-refractivity contribution < 1.29 is 19.5 Å². The second-order valence-electron chi connectivity index (χ2n) is 4.07. The minimum Gasteiger partial charge on any atom is -0.477 e. The van der Waals surface area contributed by atoms with Gasteiger partial charge in [-0.15, -0.1) is 0 Å². The highest BCUT2D eigenvalue weighted by Crippen LogP contribution is 2.25. The molecule has 7 heteroatoms. The standard InChI is InChI=1S/C12H11ClN2O4/c1-6-3-2-4-7(10(6)13)14-11(16)9-5-8(12(17)18)15-19-9/h2-4,9H,5H2,1H3,(H,14,16)(H,17,18). The van der Waals surface area contributed by atoms with Crippen LogP contribution in [0.5, 0.6) is 0 Å². The summed E-state index contributed by atoms with van der Waals surface area (Å²) in [5.41, 5.74) is 1.11. The molecule has 19 heavy (non-hydrogen) atoms. The Labute approximate surface area is 114 Å². The van der Waals surface area contributed by atoms with Crippen LogP contribution in [-0.4, -0.2) is 28.8 Å². The molecule has 100 valence electrons. The highest BCUT2D eigenvalue weighted by atomic mass is 35.5. The molecule has 1 amide bonds. The van der Waals surface area contributed by atoms with Crippen molar-refractivity contribution in [2.45, 2.75) is 19.4 Å². The van der Waals surface area contributed by atoms with Crippen molar-refractivity contribution in [2.24, 2.45) is 5.16 Å². The molecule has 0 saturated carbocycles. The minimum absolute atomic E-state index is 0.0649. The summed E-state index contributed by atoms with van der Waals surface area (Å²) in [5, 5.41) is 15.1. The van der Waals surface area contributed by atoms with E-state index in [1.807, 2.05) is 13.0 Å². The second-order valence-corrected chi connectivity index (χ2v) is 4.44. The first-order chi connectivity index (χ1) is 8.99. The van der Waals surface area contributed by atoms with Gasteiger partial charge in [0, 0.05) is 6.42 Å². The second kappa shape index (κ2) is 5.27. The molecule has 0 saturated heterocycles. The number of aliphatic carboxylic acids is 1. The van der Waals surface area contributed by atoms with Crippen LogP contribution < -0.4 is 5.32 Å². The summed E-state index contributed by atoms with van der Waals surface area (Å²) in [5.74, 6) is -1.67. The average molecular weight is 283 g/mol. The van der Waals surface area contributed by atoms with E-state index in [0.29, 0.717) is 10.7 Å². The number of carboxylic acids is 1. The number of oxime groups is 1. The quantitative estimate of drug-likeness (QED) is 0.885. The first kappa shape index (κ1) is 13.4. The molecule has 1 aromatic carbocycles. The van der Waals surface area contributed by atoms with Gasteiger partial charge in [-0.2, -0.15) is 0 Å². The zero-order valence-corrected chi connectivity index (χ0v) is 10.8. The van der Waals surface area contributed by atoms with E-state index in [9.17, 15) is 9.59 Å². The zero-order valence-electron chi connectivity index (χ0n) is 10.0. The Morgan fingerprint density at radius 2 is 2.26 bits per heavy atom. The van der Waals surface area contributed by atoms with Crippen LogP contribution in [0, 0.1) is 6.92 Å². The lowest BCUT2D eigenvalue weighted by molar-refractivity contribution is -0.129. The number of amides is 1. The van der Waals surface area contributed by atoms with Crippen LogP contribution in [0.3, 0.4) is 0 Å². The molecule has 0 aliphatic carbocycles. The van der Waals surface area contributed by atoms with E-state index in [0.717, 1.165) is 5.56 Å². The van der Waals surface area contributed by atoms with E-state index in [-0.39, 0.29) is 12.1 Å². The number of benzene rings is 1. The fourth-order valence-electron chi connectivity index (χ4n) is 1.60. The number of nitrogens with one attached hydrogen (secondary N) is 1. The Kier molecular flexibility index (Phi) is 3.71. The molecule has 2 rings (SSSR count). The van der Waals surface area contributed by atoms with Gasteiger partial charge in [-0.05, 0) is 18.6 Å². The highest BCUT2D eigenvalue weighted by molar-refractivity contribution is 6.36. The van der Waals surface area contributed by atoms with E-state index in [2.05, 4.69) is 10.5 Å². The van der Waals surface area contributed by atoms with Crippen LogP contribution in [-0.2, 0) is 14.4 Å². The molecule has 1 atom stereocenters. The maximum absolute atomic E-state index is 11.9. The van der Waals surface area contributed by atoms with Gasteiger partial charge in [0.2, 0.25) is 6.10 Å². The predicted molar refractivity (Wildman–Crippen MR) is 69.4 cm³/mol. The maximum Gasteiger partial charge on any atom is 0.353 e. The number of anilines is 1. The summed E-state index contributed by atoms with van der Waals surface area (Å²) in [4.78, 5) is 27.3. The van der Waals surface area contributed by atoms with Crippen LogP contribution in [0.25, 0.3) is 0 Å². The van der Waals surface area contributed by atoms with Crippen LogP contribution in [0.1, 0.15) is 12.0 Å². The number of carboxylic acid groups (broad SMARTS) is 1. The fourth-order valence-corrected chi connectivity index (χ4v) is 1.77. The molecule has 1 aliphatic heterocycles. The smallest absolute Gasteiger partial charge is 0.353 e. The van der Waals surface area contributed by atoms with Crippen molar-refractivity contribution in [1.29, 1.82) is 0 Å². The van der Waals surface area contributed by atoms with Crippen LogP contribution >= 0.6 is 11.6 Å². The van der Waals surface area contributed by atoms with E-state index in [1.165, 1.54) is 0 Å². The molecule has 1 heterocycles. The van der Waals surface area contributed by atoms with Crippen molar-refractivity contribution in [3.8, 4) is 0 Å². The zero-order chi connectivity index (χ0) is 14.0. The van der Waals surface area contributed by atoms with Crippen LogP contribution in [0.15, 0.2) is 23.4 Å². The molecular formula is C12H11ClN2O4. The Morgan fingerprint density at radius 1 is 1.53 bits per heavy atom. The lowest BCUT2D eigenvalue weighted by Gasteiger charge is -2.11. The fraction of sp³-hybridized carbons (Fsp3) is 0.250. The number of hydrogen-bond acceptors (Lipinski definition) is 4. The number of aryl methyl sites for hydroxylation is 1. The molecule has 1 aliphatic rings.